The molecule has 0 saturated heterocycles. The van der Waals surface area contributed by atoms with Crippen molar-refractivity contribution in [2.75, 3.05) is 0 Å². The number of fused-ring (bicyclic) bond motifs is 1. The van der Waals surface area contributed by atoms with Gasteiger partial charge in [0.05, 0.1) is 22.7 Å². The number of H-pyrrole nitrogens is 1. The highest BCUT2D eigenvalue weighted by Crippen LogP contribution is 2.11. The first-order chi connectivity index (χ1) is 9.54. The molecule has 2 heterocycles. The first kappa shape index (κ1) is 12.1. The van der Waals surface area contributed by atoms with Crippen molar-refractivity contribution in [3.8, 4) is 5.95 Å². The van der Waals surface area contributed by atoms with Gasteiger partial charge in [0.25, 0.3) is 5.56 Å². The number of aromatic nitrogens is 4. The van der Waals surface area contributed by atoms with E-state index in [2.05, 4.69) is 15.1 Å². The molecule has 20 heavy (non-hydrogen) atoms. The van der Waals surface area contributed by atoms with Crippen molar-refractivity contribution in [3.63, 3.8) is 0 Å². The highest BCUT2D eigenvalue weighted by molar-refractivity contribution is 5.87. The van der Waals surface area contributed by atoms with Crippen LogP contribution >= 0.6 is 0 Å². The summed E-state index contributed by atoms with van der Waals surface area (Å²) in [5.74, 6) is -0.908. The Hall–Kier alpha value is -2.96. The molecule has 0 aliphatic carbocycles. The lowest BCUT2D eigenvalue weighted by Gasteiger charge is -2.03. The summed E-state index contributed by atoms with van der Waals surface area (Å²) in [6.45, 7) is 1.89. The molecule has 0 atom stereocenters. The zero-order valence-corrected chi connectivity index (χ0v) is 10.5. The van der Waals surface area contributed by atoms with Gasteiger partial charge in [-0.05, 0) is 19.1 Å². The Balaban J connectivity index is 2.19. The monoisotopic (exact) mass is 270 g/mol. The molecular weight excluding hydrogens is 260 g/mol. The first-order valence-corrected chi connectivity index (χ1v) is 5.83. The fourth-order valence-electron chi connectivity index (χ4n) is 1.90. The zero-order valence-electron chi connectivity index (χ0n) is 10.5. The molecule has 0 fully saturated rings. The molecule has 3 aromatic rings. The number of carboxylic acid groups (broad SMARTS) is 1. The predicted molar refractivity (Wildman–Crippen MR) is 71.2 cm³/mol. The van der Waals surface area contributed by atoms with E-state index in [-0.39, 0.29) is 17.1 Å². The van der Waals surface area contributed by atoms with Crippen molar-refractivity contribution < 1.29 is 9.90 Å². The summed E-state index contributed by atoms with van der Waals surface area (Å²) in [6, 6.07) is 5.34. The maximum Gasteiger partial charge on any atom is 0.338 e. The highest BCUT2D eigenvalue weighted by atomic mass is 16.4. The third-order valence-corrected chi connectivity index (χ3v) is 2.89. The number of aryl methyl sites for hydroxylation is 1. The van der Waals surface area contributed by atoms with Crippen LogP contribution in [0, 0.1) is 6.92 Å². The number of rotatable bonds is 2. The van der Waals surface area contributed by atoms with E-state index in [0.717, 1.165) is 5.56 Å². The van der Waals surface area contributed by atoms with Gasteiger partial charge in [-0.1, -0.05) is 11.6 Å². The molecular formula is C13H10N4O3. The average molecular weight is 270 g/mol. The van der Waals surface area contributed by atoms with Crippen LogP contribution in [0.1, 0.15) is 15.9 Å². The van der Waals surface area contributed by atoms with Crippen LogP contribution in [0.2, 0.25) is 0 Å². The molecule has 0 bridgehead atoms. The normalized spacial score (nSPS) is 10.8. The minimum atomic E-state index is -1.09. The molecule has 100 valence electrons. The van der Waals surface area contributed by atoms with E-state index in [4.69, 9.17) is 5.11 Å². The Morgan fingerprint density at radius 1 is 1.40 bits per heavy atom. The second-order valence-corrected chi connectivity index (χ2v) is 4.39. The first-order valence-electron chi connectivity index (χ1n) is 5.83. The van der Waals surface area contributed by atoms with E-state index in [1.165, 1.54) is 17.1 Å². The van der Waals surface area contributed by atoms with E-state index in [9.17, 15) is 9.59 Å². The number of hydrogen-bond acceptors (Lipinski definition) is 4. The van der Waals surface area contributed by atoms with Gasteiger partial charge < -0.3 is 5.11 Å². The third kappa shape index (κ3) is 1.95. The topological polar surface area (TPSA) is 101 Å². The van der Waals surface area contributed by atoms with Crippen LogP contribution < -0.4 is 5.56 Å². The molecule has 0 amide bonds. The minimum Gasteiger partial charge on any atom is -0.478 e. The van der Waals surface area contributed by atoms with Crippen LogP contribution in [0.15, 0.2) is 35.4 Å². The summed E-state index contributed by atoms with van der Waals surface area (Å²) >= 11 is 0. The Labute approximate surface area is 112 Å². The molecule has 0 aliphatic rings. The molecule has 0 spiro atoms. The lowest BCUT2D eigenvalue weighted by molar-refractivity contribution is 0.0697. The standard InChI is InChI=1S/C13H10N4O3/c1-7-2-3-10-9(4-7)11(18)16-13(15-10)17-6-8(5-14-17)12(19)20/h2-6H,1H3,(H,19,20)(H,15,16,18). The van der Waals surface area contributed by atoms with Crippen molar-refractivity contribution in [2.45, 2.75) is 6.92 Å². The van der Waals surface area contributed by atoms with Crippen LogP contribution in [0.5, 0.6) is 0 Å². The predicted octanol–water partition coefficient (Wildman–Crippen LogP) is 1.12. The summed E-state index contributed by atoms with van der Waals surface area (Å²) < 4.78 is 1.23. The Morgan fingerprint density at radius 3 is 2.90 bits per heavy atom. The number of hydrogen-bond donors (Lipinski definition) is 2. The Bertz CT molecular complexity index is 879. The van der Waals surface area contributed by atoms with E-state index < -0.39 is 5.97 Å². The van der Waals surface area contributed by atoms with E-state index in [1.807, 2.05) is 13.0 Å². The van der Waals surface area contributed by atoms with Gasteiger partial charge in [0, 0.05) is 6.20 Å². The van der Waals surface area contributed by atoms with Gasteiger partial charge >= 0.3 is 5.97 Å². The quantitative estimate of drug-likeness (QED) is 0.726. The Kier molecular flexibility index (Phi) is 2.60. The van der Waals surface area contributed by atoms with Gasteiger partial charge in [0.1, 0.15) is 0 Å². The molecule has 0 saturated carbocycles. The summed E-state index contributed by atoms with van der Waals surface area (Å²) in [6.07, 6.45) is 2.49. The van der Waals surface area contributed by atoms with Crippen molar-refractivity contribution in [3.05, 3.63) is 52.1 Å². The number of aromatic carboxylic acids is 1. The SMILES string of the molecule is Cc1ccc2nc(-n3cc(C(=O)O)cn3)[nH]c(=O)c2c1. The van der Waals surface area contributed by atoms with Crippen molar-refractivity contribution >= 4 is 16.9 Å². The Morgan fingerprint density at radius 2 is 2.20 bits per heavy atom. The second kappa shape index (κ2) is 4.30. The maximum absolute atomic E-state index is 12.0. The summed E-state index contributed by atoms with van der Waals surface area (Å²) in [4.78, 5) is 29.7. The van der Waals surface area contributed by atoms with Gasteiger partial charge in [0.15, 0.2) is 0 Å². The third-order valence-electron chi connectivity index (χ3n) is 2.89. The summed E-state index contributed by atoms with van der Waals surface area (Å²) in [5.41, 5.74) is 1.23. The smallest absolute Gasteiger partial charge is 0.338 e. The molecule has 0 radical (unpaired) electrons. The van der Waals surface area contributed by atoms with E-state index >= 15 is 0 Å². The van der Waals surface area contributed by atoms with Gasteiger partial charge in [-0.3, -0.25) is 9.78 Å². The minimum absolute atomic E-state index is 0.0247. The highest BCUT2D eigenvalue weighted by Gasteiger charge is 2.10. The molecule has 7 heteroatoms. The van der Waals surface area contributed by atoms with Crippen LogP contribution in [-0.2, 0) is 0 Å². The number of aromatic amines is 1. The fraction of sp³-hybridized carbons (Fsp3) is 0.0769. The lowest BCUT2D eigenvalue weighted by atomic mass is 10.2. The molecule has 2 aromatic heterocycles. The van der Waals surface area contributed by atoms with Crippen molar-refractivity contribution in [1.29, 1.82) is 0 Å². The molecule has 3 rings (SSSR count). The largest absolute Gasteiger partial charge is 0.478 e. The molecule has 7 nitrogen and oxygen atoms in total. The summed E-state index contributed by atoms with van der Waals surface area (Å²) in [5, 5.41) is 13.2. The van der Waals surface area contributed by atoms with Gasteiger partial charge in [-0.2, -0.15) is 5.10 Å². The van der Waals surface area contributed by atoms with Crippen LogP contribution in [0.4, 0.5) is 0 Å². The number of nitrogens with one attached hydrogen (secondary N) is 1. The number of benzene rings is 1. The van der Waals surface area contributed by atoms with Gasteiger partial charge in [-0.25, -0.2) is 14.5 Å². The summed E-state index contributed by atoms with van der Waals surface area (Å²) in [7, 11) is 0. The molecule has 1 aromatic carbocycles. The second-order valence-electron chi connectivity index (χ2n) is 4.39. The van der Waals surface area contributed by atoms with Crippen LogP contribution in [-0.4, -0.2) is 30.8 Å². The lowest BCUT2D eigenvalue weighted by Crippen LogP contribution is -2.14. The number of carboxylic acids is 1. The zero-order chi connectivity index (χ0) is 14.3. The number of carbonyl (C=O) groups is 1. The molecule has 0 aliphatic heterocycles. The maximum atomic E-state index is 12.0. The van der Waals surface area contributed by atoms with Crippen molar-refractivity contribution in [1.82, 2.24) is 19.7 Å². The average Bonchev–Trinajstić information content (AvgIpc) is 2.89. The number of nitrogens with zero attached hydrogens (tertiary/aromatic N) is 3. The van der Waals surface area contributed by atoms with Crippen LogP contribution in [0.3, 0.4) is 0 Å². The van der Waals surface area contributed by atoms with Gasteiger partial charge in [0.2, 0.25) is 5.95 Å². The van der Waals surface area contributed by atoms with E-state index in [0.29, 0.717) is 10.9 Å². The van der Waals surface area contributed by atoms with Crippen LogP contribution in [0.25, 0.3) is 16.9 Å². The van der Waals surface area contributed by atoms with E-state index in [1.54, 1.807) is 12.1 Å². The molecule has 0 unspecified atom stereocenters. The molecule has 2 N–H and O–H groups in total. The van der Waals surface area contributed by atoms with Crippen molar-refractivity contribution in [2.24, 2.45) is 0 Å². The fourth-order valence-corrected chi connectivity index (χ4v) is 1.90. The van der Waals surface area contributed by atoms with Gasteiger partial charge in [-0.15, -0.1) is 0 Å².